The van der Waals surface area contributed by atoms with E-state index in [1.807, 2.05) is 13.8 Å². The number of amides is 1. The first-order chi connectivity index (χ1) is 9.36. The van der Waals surface area contributed by atoms with E-state index in [0.717, 1.165) is 6.42 Å². The van der Waals surface area contributed by atoms with E-state index >= 15 is 0 Å². The normalized spacial score (nSPS) is 24.4. The smallest absolute Gasteiger partial charge is 0.241 e. The molecule has 0 saturated carbocycles. The number of carbonyl (C=O) groups is 1. The van der Waals surface area contributed by atoms with Gasteiger partial charge in [-0.15, -0.1) is 0 Å². The van der Waals surface area contributed by atoms with Crippen LogP contribution in [-0.2, 0) is 14.6 Å². The molecule has 124 valence electrons. The molecule has 1 amide bonds. The summed E-state index contributed by atoms with van der Waals surface area (Å²) in [7, 11) is -3.22. The fraction of sp³-hybridized carbons (Fsp3) is 0.933. The molecule has 2 unspecified atom stereocenters. The summed E-state index contributed by atoms with van der Waals surface area (Å²) in [6, 6.07) is -0.201. The summed E-state index contributed by atoms with van der Waals surface area (Å²) in [4.78, 5) is 14.4. The van der Waals surface area contributed by atoms with Gasteiger partial charge in [0.25, 0.3) is 0 Å². The number of hydrogen-bond acceptors (Lipinski definition) is 4. The Balaban J connectivity index is 2.99. The molecule has 0 bridgehead atoms. The van der Waals surface area contributed by atoms with Gasteiger partial charge in [-0.3, -0.25) is 10.1 Å². The van der Waals surface area contributed by atoms with E-state index in [4.69, 9.17) is 0 Å². The van der Waals surface area contributed by atoms with Crippen molar-refractivity contribution in [2.45, 2.75) is 64.9 Å². The molecule has 1 aliphatic rings. The molecule has 6 heteroatoms. The molecule has 1 heterocycles. The van der Waals surface area contributed by atoms with Crippen molar-refractivity contribution in [3.8, 4) is 0 Å². The van der Waals surface area contributed by atoms with Crippen molar-refractivity contribution < 1.29 is 13.2 Å². The SMILES string of the molecule is CC(C)CC1NC(C(C)C)N(CC(C)(C)S(C)(=O)=O)C1=O. The average molecular weight is 318 g/mol. The Morgan fingerprint density at radius 1 is 1.24 bits per heavy atom. The maximum Gasteiger partial charge on any atom is 0.241 e. The monoisotopic (exact) mass is 318 g/mol. The Labute approximate surface area is 129 Å². The van der Waals surface area contributed by atoms with Gasteiger partial charge in [-0.1, -0.05) is 27.7 Å². The maximum atomic E-state index is 12.6. The predicted octanol–water partition coefficient (Wildman–Crippen LogP) is 1.64. The molecule has 0 spiro atoms. The van der Waals surface area contributed by atoms with Crippen molar-refractivity contribution in [3.63, 3.8) is 0 Å². The van der Waals surface area contributed by atoms with E-state index in [1.54, 1.807) is 18.7 Å². The van der Waals surface area contributed by atoms with Gasteiger partial charge in [0.2, 0.25) is 5.91 Å². The second-order valence-electron chi connectivity index (χ2n) is 7.54. The minimum atomic E-state index is -3.22. The van der Waals surface area contributed by atoms with Crippen molar-refractivity contribution in [3.05, 3.63) is 0 Å². The number of nitrogens with one attached hydrogen (secondary N) is 1. The third-order valence-electron chi connectivity index (χ3n) is 4.18. The molecular formula is C15H30N2O3S. The average Bonchev–Trinajstić information content (AvgIpc) is 2.55. The predicted molar refractivity (Wildman–Crippen MR) is 85.6 cm³/mol. The molecule has 0 aromatic rings. The van der Waals surface area contributed by atoms with E-state index in [9.17, 15) is 13.2 Å². The Hall–Kier alpha value is -0.620. The van der Waals surface area contributed by atoms with Gasteiger partial charge in [-0.2, -0.15) is 0 Å². The fourth-order valence-corrected chi connectivity index (χ4v) is 2.97. The van der Waals surface area contributed by atoms with E-state index in [1.165, 1.54) is 6.26 Å². The Morgan fingerprint density at radius 3 is 2.14 bits per heavy atom. The van der Waals surface area contributed by atoms with E-state index in [-0.39, 0.29) is 30.6 Å². The number of sulfone groups is 1. The van der Waals surface area contributed by atoms with Crippen molar-refractivity contribution >= 4 is 15.7 Å². The first kappa shape index (κ1) is 18.4. The summed E-state index contributed by atoms with van der Waals surface area (Å²) in [5.74, 6) is 0.683. The van der Waals surface area contributed by atoms with Crippen LogP contribution in [0.4, 0.5) is 0 Å². The molecule has 1 fully saturated rings. The molecule has 1 aliphatic heterocycles. The Bertz CT molecular complexity index is 483. The second kappa shape index (κ2) is 6.24. The third-order valence-corrected chi connectivity index (χ3v) is 6.32. The maximum absolute atomic E-state index is 12.6. The lowest BCUT2D eigenvalue weighted by molar-refractivity contribution is -0.131. The van der Waals surface area contributed by atoms with Crippen molar-refractivity contribution in [2.75, 3.05) is 12.8 Å². The van der Waals surface area contributed by atoms with Crippen molar-refractivity contribution in [1.82, 2.24) is 10.2 Å². The van der Waals surface area contributed by atoms with Crippen LogP contribution in [0.3, 0.4) is 0 Å². The zero-order valence-electron chi connectivity index (χ0n) is 14.3. The van der Waals surface area contributed by atoms with Crippen LogP contribution in [0.5, 0.6) is 0 Å². The van der Waals surface area contributed by atoms with Crippen LogP contribution in [0.25, 0.3) is 0 Å². The lowest BCUT2D eigenvalue weighted by atomic mass is 10.0. The molecule has 0 aliphatic carbocycles. The van der Waals surface area contributed by atoms with Gasteiger partial charge in [0.15, 0.2) is 9.84 Å². The molecule has 5 nitrogen and oxygen atoms in total. The van der Waals surface area contributed by atoms with Crippen LogP contribution in [0.15, 0.2) is 0 Å². The van der Waals surface area contributed by atoms with Gasteiger partial charge >= 0.3 is 0 Å². The highest BCUT2D eigenvalue weighted by Crippen LogP contribution is 2.26. The quantitative estimate of drug-likeness (QED) is 0.808. The molecule has 1 rings (SSSR count). The Morgan fingerprint density at radius 2 is 1.76 bits per heavy atom. The Kier molecular flexibility index (Phi) is 5.48. The van der Waals surface area contributed by atoms with Crippen LogP contribution in [0.1, 0.15) is 48.0 Å². The number of carbonyl (C=O) groups excluding carboxylic acids is 1. The highest BCUT2D eigenvalue weighted by molar-refractivity contribution is 7.92. The largest absolute Gasteiger partial charge is 0.324 e. The number of rotatable bonds is 6. The van der Waals surface area contributed by atoms with Crippen LogP contribution < -0.4 is 5.32 Å². The van der Waals surface area contributed by atoms with Gasteiger partial charge in [0.1, 0.15) is 0 Å². The highest BCUT2D eigenvalue weighted by Gasteiger charge is 2.44. The van der Waals surface area contributed by atoms with Crippen molar-refractivity contribution in [1.29, 1.82) is 0 Å². The summed E-state index contributed by atoms with van der Waals surface area (Å²) >= 11 is 0. The molecular weight excluding hydrogens is 288 g/mol. The standard InChI is InChI=1S/C15H30N2O3S/c1-10(2)8-12-14(18)17(13(16-12)11(3)4)9-15(5,6)21(7,19)20/h10-13,16H,8-9H2,1-7H3. The zero-order chi connectivity index (χ0) is 16.6. The second-order valence-corrected chi connectivity index (χ2v) is 10.2. The summed E-state index contributed by atoms with van der Waals surface area (Å²) in [5.41, 5.74) is 0. The minimum Gasteiger partial charge on any atom is -0.324 e. The van der Waals surface area contributed by atoms with Gasteiger partial charge < -0.3 is 4.90 Å². The van der Waals surface area contributed by atoms with E-state index in [0.29, 0.717) is 5.92 Å². The lowest BCUT2D eigenvalue weighted by Crippen LogP contribution is -2.50. The zero-order valence-corrected chi connectivity index (χ0v) is 15.1. The minimum absolute atomic E-state index is 0.0270. The summed E-state index contributed by atoms with van der Waals surface area (Å²) in [6.45, 7) is 11.9. The molecule has 0 aromatic carbocycles. The van der Waals surface area contributed by atoms with E-state index < -0.39 is 14.6 Å². The summed E-state index contributed by atoms with van der Waals surface area (Å²) in [6.07, 6.45) is 1.91. The molecule has 1 N–H and O–H groups in total. The van der Waals surface area contributed by atoms with Gasteiger partial charge in [-0.05, 0) is 32.1 Å². The summed E-state index contributed by atoms with van der Waals surface area (Å²) < 4.78 is 22.9. The van der Waals surface area contributed by atoms with Crippen molar-refractivity contribution in [2.24, 2.45) is 11.8 Å². The fourth-order valence-electron chi connectivity index (χ4n) is 2.60. The highest BCUT2D eigenvalue weighted by atomic mass is 32.2. The first-order valence-corrected chi connectivity index (χ1v) is 9.52. The molecule has 21 heavy (non-hydrogen) atoms. The van der Waals surface area contributed by atoms with Gasteiger partial charge in [0.05, 0.1) is 17.0 Å². The molecule has 0 aromatic heterocycles. The lowest BCUT2D eigenvalue weighted by Gasteiger charge is -2.33. The van der Waals surface area contributed by atoms with Crippen LogP contribution in [0, 0.1) is 11.8 Å². The van der Waals surface area contributed by atoms with Crippen LogP contribution >= 0.6 is 0 Å². The number of hydrogen-bond donors (Lipinski definition) is 1. The molecule has 2 atom stereocenters. The summed E-state index contributed by atoms with van der Waals surface area (Å²) in [5, 5.41) is 3.38. The van der Waals surface area contributed by atoms with E-state index in [2.05, 4.69) is 19.2 Å². The van der Waals surface area contributed by atoms with Gasteiger partial charge in [0, 0.05) is 12.8 Å². The molecule has 1 saturated heterocycles. The van der Waals surface area contributed by atoms with Gasteiger partial charge in [-0.25, -0.2) is 8.42 Å². The first-order valence-electron chi connectivity index (χ1n) is 7.63. The third kappa shape index (κ3) is 4.19. The number of nitrogens with zero attached hydrogens (tertiary/aromatic N) is 1. The topological polar surface area (TPSA) is 66.5 Å². The van der Waals surface area contributed by atoms with Crippen LogP contribution in [0.2, 0.25) is 0 Å². The van der Waals surface area contributed by atoms with Crippen LogP contribution in [-0.4, -0.2) is 49.0 Å². The molecule has 0 radical (unpaired) electrons.